The van der Waals surface area contributed by atoms with Gasteiger partial charge in [0.2, 0.25) is 0 Å². The molecule has 10 heteroatoms. The van der Waals surface area contributed by atoms with Crippen molar-refractivity contribution < 1.29 is 13.2 Å². The summed E-state index contributed by atoms with van der Waals surface area (Å²) in [6.07, 6.45) is 1.51. The monoisotopic (exact) mass is 432 g/mol. The number of hydrogen-bond acceptors (Lipinski definition) is 5. The molecule has 2 aromatic carbocycles. The van der Waals surface area contributed by atoms with Crippen LogP contribution in [0.15, 0.2) is 65.0 Å². The number of rotatable bonds is 5. The number of anilines is 2. The summed E-state index contributed by atoms with van der Waals surface area (Å²) >= 11 is 7.30. The molecule has 3 N–H and O–H groups in total. The Morgan fingerprint density at radius 2 is 1.93 bits per heavy atom. The Labute approximate surface area is 169 Å². The zero-order chi connectivity index (χ0) is 19.7. The lowest BCUT2D eigenvalue weighted by atomic mass is 10.2. The van der Waals surface area contributed by atoms with Gasteiger partial charge < -0.3 is 10.3 Å². The smallest absolute Gasteiger partial charge is 0.272 e. The topological polar surface area (TPSA) is 104 Å². The van der Waals surface area contributed by atoms with Gasteiger partial charge in [-0.15, -0.1) is 11.3 Å². The molecule has 0 saturated heterocycles. The molecule has 0 bridgehead atoms. The van der Waals surface area contributed by atoms with E-state index in [1.165, 1.54) is 41.8 Å². The average molecular weight is 433 g/mol. The van der Waals surface area contributed by atoms with Crippen LogP contribution in [0.2, 0.25) is 5.02 Å². The first kappa shape index (κ1) is 18.5. The summed E-state index contributed by atoms with van der Waals surface area (Å²) in [4.78, 5) is 19.4. The van der Waals surface area contributed by atoms with Gasteiger partial charge in [-0.1, -0.05) is 23.7 Å². The van der Waals surface area contributed by atoms with Crippen molar-refractivity contribution in [3.8, 4) is 0 Å². The SMILES string of the molecule is O=C(Nc1ccc(S(=O)(=O)Nc2nccs2)cc1)c1cc2cccc(Cl)c2[nH]1. The minimum atomic E-state index is -3.74. The number of hydrogen-bond donors (Lipinski definition) is 3. The number of thiazole rings is 1. The third-order valence-corrected chi connectivity index (χ3v) is 6.41. The highest BCUT2D eigenvalue weighted by Crippen LogP contribution is 2.24. The van der Waals surface area contributed by atoms with Crippen LogP contribution in [0.1, 0.15) is 10.5 Å². The van der Waals surface area contributed by atoms with E-state index in [2.05, 4.69) is 20.0 Å². The van der Waals surface area contributed by atoms with Crippen molar-refractivity contribution in [1.29, 1.82) is 0 Å². The summed E-state index contributed by atoms with van der Waals surface area (Å²) in [5.74, 6) is -0.358. The normalized spacial score (nSPS) is 11.5. The average Bonchev–Trinajstić information content (AvgIpc) is 3.32. The molecule has 0 spiro atoms. The number of aromatic nitrogens is 2. The van der Waals surface area contributed by atoms with E-state index >= 15 is 0 Å². The highest BCUT2D eigenvalue weighted by atomic mass is 35.5. The molecule has 0 unspecified atom stereocenters. The van der Waals surface area contributed by atoms with E-state index in [4.69, 9.17) is 11.6 Å². The van der Waals surface area contributed by atoms with Crippen LogP contribution in [-0.2, 0) is 10.0 Å². The van der Waals surface area contributed by atoms with Gasteiger partial charge in [0.1, 0.15) is 5.69 Å². The summed E-state index contributed by atoms with van der Waals surface area (Å²) in [5, 5.41) is 6.04. The number of amides is 1. The fraction of sp³-hybridized carbons (Fsp3) is 0. The lowest BCUT2D eigenvalue weighted by Gasteiger charge is -2.07. The molecule has 0 aliphatic rings. The maximum Gasteiger partial charge on any atom is 0.272 e. The van der Waals surface area contributed by atoms with Crippen LogP contribution in [-0.4, -0.2) is 24.3 Å². The molecule has 0 radical (unpaired) electrons. The first-order valence-electron chi connectivity index (χ1n) is 8.03. The summed E-state index contributed by atoms with van der Waals surface area (Å²) in [7, 11) is -3.74. The molecule has 2 aromatic heterocycles. The van der Waals surface area contributed by atoms with Gasteiger partial charge in [-0.3, -0.25) is 9.52 Å². The molecule has 0 aliphatic heterocycles. The summed E-state index contributed by atoms with van der Waals surface area (Å²) in [5.41, 5.74) is 1.50. The fourth-order valence-corrected chi connectivity index (χ4v) is 4.62. The fourth-order valence-electron chi connectivity index (χ4n) is 2.61. The van der Waals surface area contributed by atoms with Crippen molar-refractivity contribution in [3.05, 3.63) is 70.8 Å². The molecule has 0 aliphatic carbocycles. The van der Waals surface area contributed by atoms with Crippen molar-refractivity contribution in [3.63, 3.8) is 0 Å². The first-order valence-corrected chi connectivity index (χ1v) is 10.8. The Morgan fingerprint density at radius 3 is 2.61 bits per heavy atom. The summed E-state index contributed by atoms with van der Waals surface area (Å²) in [6, 6.07) is 13.0. The van der Waals surface area contributed by atoms with Gasteiger partial charge in [-0.05, 0) is 36.4 Å². The number of aromatic amines is 1. The molecular formula is C18H13ClN4O3S2. The lowest BCUT2D eigenvalue weighted by Crippen LogP contribution is -2.14. The first-order chi connectivity index (χ1) is 13.4. The molecule has 0 saturated carbocycles. The minimum absolute atomic E-state index is 0.0677. The zero-order valence-electron chi connectivity index (χ0n) is 14.1. The van der Waals surface area contributed by atoms with Gasteiger partial charge in [-0.2, -0.15) is 0 Å². The number of nitrogens with one attached hydrogen (secondary N) is 3. The number of fused-ring (bicyclic) bond motifs is 1. The quantitative estimate of drug-likeness (QED) is 0.436. The van der Waals surface area contributed by atoms with Crippen LogP contribution in [0.5, 0.6) is 0 Å². The zero-order valence-corrected chi connectivity index (χ0v) is 16.5. The number of sulfonamides is 1. The van der Waals surface area contributed by atoms with Gasteiger partial charge in [-0.25, -0.2) is 13.4 Å². The van der Waals surface area contributed by atoms with Crippen molar-refractivity contribution in [2.24, 2.45) is 0 Å². The summed E-state index contributed by atoms with van der Waals surface area (Å²) < 4.78 is 27.1. The van der Waals surface area contributed by atoms with Gasteiger partial charge >= 0.3 is 0 Å². The summed E-state index contributed by atoms with van der Waals surface area (Å²) in [6.45, 7) is 0. The van der Waals surface area contributed by atoms with Crippen molar-refractivity contribution in [1.82, 2.24) is 9.97 Å². The molecule has 0 fully saturated rings. The molecule has 2 heterocycles. The third-order valence-electron chi connectivity index (χ3n) is 3.93. The second-order valence-corrected chi connectivity index (χ2v) is 8.79. The standard InChI is InChI=1S/C18H13ClN4O3S2/c19-14-3-1-2-11-10-15(22-16(11)14)17(24)21-12-4-6-13(7-5-12)28(25,26)23-18-20-8-9-27-18/h1-10,22H,(H,20,23)(H,21,24). The molecule has 28 heavy (non-hydrogen) atoms. The Morgan fingerprint density at radius 1 is 1.14 bits per heavy atom. The van der Waals surface area contributed by atoms with Crippen molar-refractivity contribution >= 4 is 60.6 Å². The predicted molar refractivity (Wildman–Crippen MR) is 111 cm³/mol. The van der Waals surface area contributed by atoms with E-state index in [0.29, 0.717) is 21.9 Å². The second-order valence-electron chi connectivity index (χ2n) is 5.81. The van der Waals surface area contributed by atoms with Crippen LogP contribution in [0.4, 0.5) is 10.8 Å². The van der Waals surface area contributed by atoms with E-state index in [0.717, 1.165) is 5.39 Å². The third kappa shape index (κ3) is 3.72. The second kappa shape index (κ2) is 7.27. The number of halogens is 1. The largest absolute Gasteiger partial charge is 0.349 e. The number of carbonyl (C=O) groups excluding carboxylic acids is 1. The Kier molecular flexibility index (Phi) is 4.80. The van der Waals surface area contributed by atoms with Crippen molar-refractivity contribution in [2.75, 3.05) is 10.0 Å². The van der Waals surface area contributed by atoms with Crippen LogP contribution in [0, 0.1) is 0 Å². The van der Waals surface area contributed by atoms with E-state index in [-0.39, 0.29) is 15.9 Å². The van der Waals surface area contributed by atoms with Crippen LogP contribution in [0.25, 0.3) is 10.9 Å². The molecule has 4 rings (SSSR count). The van der Waals surface area contributed by atoms with Gasteiger partial charge in [0, 0.05) is 22.7 Å². The maximum absolute atomic E-state index is 12.5. The van der Waals surface area contributed by atoms with Gasteiger partial charge in [0.25, 0.3) is 15.9 Å². The number of carbonyl (C=O) groups is 1. The van der Waals surface area contributed by atoms with E-state index < -0.39 is 10.0 Å². The number of H-pyrrole nitrogens is 1. The molecule has 4 aromatic rings. The van der Waals surface area contributed by atoms with Crippen LogP contribution in [0.3, 0.4) is 0 Å². The van der Waals surface area contributed by atoms with Crippen molar-refractivity contribution in [2.45, 2.75) is 4.90 Å². The number of para-hydroxylation sites is 1. The van der Waals surface area contributed by atoms with Gasteiger partial charge in [0.15, 0.2) is 5.13 Å². The molecule has 7 nitrogen and oxygen atoms in total. The highest BCUT2D eigenvalue weighted by molar-refractivity contribution is 7.93. The molecule has 142 valence electrons. The number of nitrogens with zero attached hydrogens (tertiary/aromatic N) is 1. The van der Waals surface area contributed by atoms with E-state index in [9.17, 15) is 13.2 Å². The van der Waals surface area contributed by atoms with Crippen LogP contribution >= 0.6 is 22.9 Å². The van der Waals surface area contributed by atoms with E-state index in [1.54, 1.807) is 23.6 Å². The minimum Gasteiger partial charge on any atom is -0.349 e. The molecule has 1 amide bonds. The lowest BCUT2D eigenvalue weighted by molar-refractivity contribution is 0.102. The molecular weight excluding hydrogens is 420 g/mol. The maximum atomic E-state index is 12.5. The van der Waals surface area contributed by atoms with E-state index in [1.807, 2.05) is 6.07 Å². The highest BCUT2D eigenvalue weighted by Gasteiger charge is 2.16. The molecule has 0 atom stereocenters. The number of benzene rings is 2. The Bertz CT molecular complexity index is 1250. The Balaban J connectivity index is 1.50. The van der Waals surface area contributed by atoms with Crippen LogP contribution < -0.4 is 10.0 Å². The van der Waals surface area contributed by atoms with Gasteiger partial charge in [0.05, 0.1) is 15.4 Å². The Hall–Kier alpha value is -2.88. The predicted octanol–water partition coefficient (Wildman–Crippen LogP) is 4.33.